The van der Waals surface area contributed by atoms with Gasteiger partial charge in [0.2, 0.25) is 0 Å². The van der Waals surface area contributed by atoms with E-state index >= 15 is 0 Å². The van der Waals surface area contributed by atoms with Crippen LogP contribution in [0.3, 0.4) is 0 Å². The Balaban J connectivity index is 2.68. The highest BCUT2D eigenvalue weighted by atomic mass is 32.2. The molecule has 0 amide bonds. The number of hydrogen-bond acceptors (Lipinski definition) is 2. The van der Waals surface area contributed by atoms with E-state index in [2.05, 4.69) is 0 Å². The molecule has 0 heterocycles. The van der Waals surface area contributed by atoms with Crippen molar-refractivity contribution in [3.8, 4) is 0 Å². The highest BCUT2D eigenvalue weighted by Gasteiger charge is 2.01. The minimum absolute atomic E-state index is 0.316. The topological polar surface area (TPSA) is 20.2 Å². The van der Waals surface area contributed by atoms with Gasteiger partial charge in [-0.2, -0.15) is 0 Å². The summed E-state index contributed by atoms with van der Waals surface area (Å²) in [5, 5.41) is 9.29. The molecule has 1 rings (SSSR count). The Hall–Kier alpha value is -0.540. The Bertz CT molecular complexity index is 263. The van der Waals surface area contributed by atoms with Crippen molar-refractivity contribution in [3.05, 3.63) is 29.8 Å². The van der Waals surface area contributed by atoms with Crippen molar-refractivity contribution in [3.63, 3.8) is 0 Å². The lowest BCUT2D eigenvalue weighted by Crippen LogP contribution is -1.90. The van der Waals surface area contributed by atoms with Gasteiger partial charge in [0.25, 0.3) is 0 Å². The normalized spacial score (nSPS) is 12.8. The van der Waals surface area contributed by atoms with Crippen molar-refractivity contribution in [1.82, 2.24) is 0 Å². The van der Waals surface area contributed by atoms with E-state index in [9.17, 15) is 9.50 Å². The molecule has 0 saturated carbocycles. The molecule has 0 radical (unpaired) electrons. The third kappa shape index (κ3) is 3.36. The first-order valence-corrected chi connectivity index (χ1v) is 5.19. The molecule has 72 valence electrons. The van der Waals surface area contributed by atoms with Crippen molar-refractivity contribution in [2.75, 3.05) is 12.4 Å². The van der Waals surface area contributed by atoms with Gasteiger partial charge >= 0.3 is 0 Å². The molecule has 0 spiro atoms. The average molecular weight is 200 g/mol. The van der Waals surface area contributed by atoms with Crippen LogP contribution in [0.25, 0.3) is 0 Å². The van der Waals surface area contributed by atoms with Crippen LogP contribution in [0.15, 0.2) is 29.2 Å². The van der Waals surface area contributed by atoms with Crippen LogP contribution in [0.4, 0.5) is 4.39 Å². The van der Waals surface area contributed by atoms with Gasteiger partial charge < -0.3 is 5.11 Å². The lowest BCUT2D eigenvalue weighted by atomic mass is 10.1. The van der Waals surface area contributed by atoms with E-state index < -0.39 is 6.10 Å². The Labute approximate surface area is 82.0 Å². The van der Waals surface area contributed by atoms with Crippen LogP contribution in [-0.4, -0.2) is 17.5 Å². The summed E-state index contributed by atoms with van der Waals surface area (Å²) in [5.74, 6) is 0.475. The number of benzene rings is 1. The second-order valence-corrected chi connectivity index (χ2v) is 3.95. The van der Waals surface area contributed by atoms with Gasteiger partial charge in [-0.1, -0.05) is 12.1 Å². The smallest absolute Gasteiger partial charge is 0.0988 e. The standard InChI is InChI=1S/C10H13FOS/c1-8(12)9-3-2-4-10(7-9)13-6-5-11/h2-4,7-8,12H,5-6H2,1H3. The fourth-order valence-electron chi connectivity index (χ4n) is 1.02. The molecule has 0 aromatic heterocycles. The van der Waals surface area contributed by atoms with E-state index in [1.807, 2.05) is 24.3 Å². The molecule has 0 bridgehead atoms. The Morgan fingerprint density at radius 2 is 2.31 bits per heavy atom. The van der Waals surface area contributed by atoms with Crippen LogP contribution in [0.2, 0.25) is 0 Å². The molecular formula is C10H13FOS. The largest absolute Gasteiger partial charge is 0.389 e. The number of rotatable bonds is 4. The fourth-order valence-corrected chi connectivity index (χ4v) is 1.73. The molecular weight excluding hydrogens is 187 g/mol. The Kier molecular flexibility index (Phi) is 4.25. The maximum Gasteiger partial charge on any atom is 0.0988 e. The van der Waals surface area contributed by atoms with Gasteiger partial charge in [-0.3, -0.25) is 4.39 Å². The van der Waals surface area contributed by atoms with Crippen LogP contribution < -0.4 is 0 Å². The summed E-state index contributed by atoms with van der Waals surface area (Å²) < 4.78 is 11.9. The zero-order valence-electron chi connectivity index (χ0n) is 7.53. The molecule has 1 aromatic carbocycles. The SMILES string of the molecule is CC(O)c1cccc(SCCF)c1. The molecule has 0 saturated heterocycles. The van der Waals surface area contributed by atoms with Crippen molar-refractivity contribution in [2.24, 2.45) is 0 Å². The van der Waals surface area contributed by atoms with Gasteiger partial charge in [0.05, 0.1) is 12.8 Å². The van der Waals surface area contributed by atoms with E-state index in [-0.39, 0.29) is 6.67 Å². The minimum atomic E-state index is -0.453. The molecule has 0 aliphatic heterocycles. The van der Waals surface area contributed by atoms with Gasteiger partial charge in [-0.25, -0.2) is 0 Å². The van der Waals surface area contributed by atoms with Crippen LogP contribution in [0.5, 0.6) is 0 Å². The predicted molar refractivity (Wildman–Crippen MR) is 53.8 cm³/mol. The molecule has 1 aromatic rings. The van der Waals surface area contributed by atoms with Gasteiger partial charge in [0, 0.05) is 10.6 Å². The third-order valence-electron chi connectivity index (χ3n) is 1.69. The van der Waals surface area contributed by atoms with Crippen molar-refractivity contribution in [1.29, 1.82) is 0 Å². The van der Waals surface area contributed by atoms with Gasteiger partial charge in [-0.05, 0) is 24.6 Å². The lowest BCUT2D eigenvalue weighted by molar-refractivity contribution is 0.199. The van der Waals surface area contributed by atoms with Crippen molar-refractivity contribution >= 4 is 11.8 Å². The Morgan fingerprint density at radius 1 is 1.54 bits per heavy atom. The van der Waals surface area contributed by atoms with Crippen molar-refractivity contribution < 1.29 is 9.50 Å². The van der Waals surface area contributed by atoms with Crippen LogP contribution in [0, 0.1) is 0 Å². The lowest BCUT2D eigenvalue weighted by Gasteiger charge is -2.06. The summed E-state index contributed by atoms with van der Waals surface area (Å²) in [4.78, 5) is 1.01. The monoisotopic (exact) mass is 200 g/mol. The predicted octanol–water partition coefficient (Wildman–Crippen LogP) is 2.80. The molecule has 1 atom stereocenters. The van der Waals surface area contributed by atoms with Gasteiger partial charge in [0.1, 0.15) is 0 Å². The second kappa shape index (κ2) is 5.25. The van der Waals surface area contributed by atoms with Crippen LogP contribution >= 0.6 is 11.8 Å². The summed E-state index contributed by atoms with van der Waals surface area (Å²) >= 11 is 1.47. The highest BCUT2D eigenvalue weighted by Crippen LogP contribution is 2.21. The van der Waals surface area contributed by atoms with Crippen LogP contribution in [0.1, 0.15) is 18.6 Å². The summed E-state index contributed by atoms with van der Waals surface area (Å²) in [5.41, 5.74) is 0.879. The molecule has 1 unspecified atom stereocenters. The van der Waals surface area contributed by atoms with E-state index in [1.54, 1.807) is 6.92 Å². The van der Waals surface area contributed by atoms with E-state index in [0.29, 0.717) is 5.75 Å². The molecule has 13 heavy (non-hydrogen) atoms. The molecule has 1 N–H and O–H groups in total. The van der Waals surface area contributed by atoms with E-state index in [1.165, 1.54) is 11.8 Å². The van der Waals surface area contributed by atoms with Crippen LogP contribution in [-0.2, 0) is 0 Å². The zero-order chi connectivity index (χ0) is 9.68. The Morgan fingerprint density at radius 3 is 2.92 bits per heavy atom. The molecule has 0 aliphatic carbocycles. The molecule has 0 fully saturated rings. The number of halogens is 1. The third-order valence-corrected chi connectivity index (χ3v) is 2.63. The number of hydrogen-bond donors (Lipinski definition) is 1. The fraction of sp³-hybridized carbons (Fsp3) is 0.400. The summed E-state index contributed by atoms with van der Waals surface area (Å²) in [6.45, 7) is 1.41. The first-order chi connectivity index (χ1) is 6.24. The highest BCUT2D eigenvalue weighted by molar-refractivity contribution is 7.99. The number of thioether (sulfide) groups is 1. The second-order valence-electron chi connectivity index (χ2n) is 2.79. The van der Waals surface area contributed by atoms with Gasteiger partial charge in [-0.15, -0.1) is 11.8 Å². The first-order valence-electron chi connectivity index (χ1n) is 4.21. The molecule has 0 aliphatic rings. The number of aliphatic hydroxyl groups is 1. The van der Waals surface area contributed by atoms with Crippen molar-refractivity contribution in [2.45, 2.75) is 17.9 Å². The summed E-state index contributed by atoms with van der Waals surface area (Å²) in [6, 6.07) is 7.56. The minimum Gasteiger partial charge on any atom is -0.389 e. The molecule has 1 nitrogen and oxygen atoms in total. The number of alkyl halides is 1. The van der Waals surface area contributed by atoms with E-state index in [0.717, 1.165) is 10.5 Å². The average Bonchev–Trinajstić information content (AvgIpc) is 2.15. The zero-order valence-corrected chi connectivity index (χ0v) is 8.35. The van der Waals surface area contributed by atoms with E-state index in [4.69, 9.17) is 0 Å². The summed E-state index contributed by atoms with van der Waals surface area (Å²) in [7, 11) is 0. The number of aliphatic hydroxyl groups excluding tert-OH is 1. The molecule has 3 heteroatoms. The van der Waals surface area contributed by atoms with Gasteiger partial charge in [0.15, 0.2) is 0 Å². The maximum atomic E-state index is 11.9. The summed E-state index contributed by atoms with van der Waals surface area (Å²) in [6.07, 6.45) is -0.453. The maximum absolute atomic E-state index is 11.9. The first kappa shape index (κ1) is 10.5. The quantitative estimate of drug-likeness (QED) is 0.754.